The van der Waals surface area contributed by atoms with Crippen molar-refractivity contribution in [2.45, 2.75) is 116 Å². The van der Waals surface area contributed by atoms with Gasteiger partial charge in [-0.05, 0) is 19.3 Å². The smallest absolute Gasteiger partial charge is 0.457 e. The lowest BCUT2D eigenvalue weighted by molar-refractivity contribution is -0.158. The largest absolute Gasteiger partial charge is 0.469 e. The van der Waals surface area contributed by atoms with E-state index in [1.165, 1.54) is 26.2 Å². The summed E-state index contributed by atoms with van der Waals surface area (Å²) in [4.78, 5) is 40.7. The number of carbonyl (C=O) groups excluding carboxylic acids is 2. The van der Waals surface area contributed by atoms with E-state index < -0.39 is 26.5 Å². The molecule has 11 heteroatoms. The van der Waals surface area contributed by atoms with Crippen LogP contribution < -0.4 is 5.32 Å². The van der Waals surface area contributed by atoms with E-state index in [1.807, 2.05) is 0 Å². The minimum atomic E-state index is -4.67. The first-order valence-corrected chi connectivity index (χ1v) is 15.1. The number of carbonyl (C=O) groups is 2. The van der Waals surface area contributed by atoms with Gasteiger partial charge in [0.05, 0.1) is 13.2 Å². The Hall–Kier alpha value is -1.03. The third-order valence-electron chi connectivity index (χ3n) is 5.52. The van der Waals surface area contributed by atoms with Crippen LogP contribution >= 0.6 is 7.82 Å². The van der Waals surface area contributed by atoms with Crippen molar-refractivity contribution in [2.24, 2.45) is 0 Å². The molecule has 0 aromatic heterocycles. The first-order valence-electron chi connectivity index (χ1n) is 13.5. The maximum atomic E-state index is 12.1. The molecule has 0 heterocycles. The minimum absolute atomic E-state index is 0.00483. The van der Waals surface area contributed by atoms with Crippen LogP contribution in [0.3, 0.4) is 0 Å². The predicted molar refractivity (Wildman–Crippen MR) is 138 cm³/mol. The third kappa shape index (κ3) is 27.6. The lowest BCUT2D eigenvalue weighted by atomic mass is 10.1. The summed E-state index contributed by atoms with van der Waals surface area (Å²) in [6.07, 6.45) is 14.4. The fourth-order valence-corrected chi connectivity index (χ4v) is 3.90. The van der Waals surface area contributed by atoms with E-state index in [-0.39, 0.29) is 25.7 Å². The summed E-state index contributed by atoms with van der Waals surface area (Å²) in [7, 11) is -4.67. The van der Waals surface area contributed by atoms with Crippen LogP contribution in [-0.2, 0) is 32.9 Å². The van der Waals surface area contributed by atoms with Crippen molar-refractivity contribution in [3.8, 4) is 0 Å². The number of ether oxygens (including phenoxy) is 3. The molecule has 36 heavy (non-hydrogen) atoms. The van der Waals surface area contributed by atoms with Gasteiger partial charge in [-0.1, -0.05) is 77.6 Å². The van der Waals surface area contributed by atoms with Gasteiger partial charge in [-0.2, -0.15) is 0 Å². The Morgan fingerprint density at radius 1 is 0.806 bits per heavy atom. The summed E-state index contributed by atoms with van der Waals surface area (Å²) >= 11 is 0. The molecule has 10 nitrogen and oxygen atoms in total. The van der Waals surface area contributed by atoms with E-state index >= 15 is 0 Å². The SMILES string of the molecule is CCCCCCCCCC(=O)O[C@H](COCOCCCCCCCCCNC(C)=O)COP(=O)(O)O. The maximum absolute atomic E-state index is 12.1. The molecule has 0 saturated carbocycles. The summed E-state index contributed by atoms with van der Waals surface area (Å²) in [6, 6.07) is 0. The average Bonchev–Trinajstić information content (AvgIpc) is 2.81. The van der Waals surface area contributed by atoms with Gasteiger partial charge in [-0.25, -0.2) is 4.57 Å². The second-order valence-corrected chi connectivity index (χ2v) is 10.4. The van der Waals surface area contributed by atoms with E-state index in [9.17, 15) is 14.2 Å². The number of nitrogens with one attached hydrogen (secondary N) is 1. The van der Waals surface area contributed by atoms with E-state index in [0.29, 0.717) is 6.61 Å². The van der Waals surface area contributed by atoms with Crippen molar-refractivity contribution in [3.63, 3.8) is 0 Å². The number of unbranched alkanes of at least 4 members (excludes halogenated alkanes) is 12. The number of esters is 1. The van der Waals surface area contributed by atoms with Crippen molar-refractivity contribution in [3.05, 3.63) is 0 Å². The fraction of sp³-hybridized carbons (Fsp3) is 0.920. The van der Waals surface area contributed by atoms with Gasteiger partial charge in [0.1, 0.15) is 12.9 Å². The zero-order valence-electron chi connectivity index (χ0n) is 22.4. The molecular weight excluding hydrogens is 489 g/mol. The highest BCUT2D eigenvalue weighted by molar-refractivity contribution is 7.46. The molecule has 0 unspecified atom stereocenters. The highest BCUT2D eigenvalue weighted by Gasteiger charge is 2.21. The molecule has 0 aliphatic heterocycles. The average molecular weight is 540 g/mol. The Labute approximate surface area is 217 Å². The Morgan fingerprint density at radius 2 is 1.39 bits per heavy atom. The van der Waals surface area contributed by atoms with Crippen LogP contribution in [0.5, 0.6) is 0 Å². The number of amides is 1. The van der Waals surface area contributed by atoms with Gasteiger partial charge in [0.25, 0.3) is 0 Å². The number of rotatable bonds is 26. The molecule has 0 aliphatic rings. The molecular formula is C25H50NO9P. The van der Waals surface area contributed by atoms with Crippen molar-refractivity contribution in [2.75, 3.05) is 33.2 Å². The molecule has 0 radical (unpaired) electrons. The number of phosphoric ester groups is 1. The fourth-order valence-electron chi connectivity index (χ4n) is 3.54. The van der Waals surface area contributed by atoms with Crippen LogP contribution in [-0.4, -0.2) is 60.9 Å². The summed E-state index contributed by atoms with van der Waals surface area (Å²) < 4.78 is 31.6. The van der Waals surface area contributed by atoms with Crippen LogP contribution in [0.25, 0.3) is 0 Å². The number of phosphoric acid groups is 1. The normalized spacial score (nSPS) is 12.4. The van der Waals surface area contributed by atoms with Crippen LogP contribution in [0.1, 0.15) is 110 Å². The van der Waals surface area contributed by atoms with Crippen molar-refractivity contribution >= 4 is 19.7 Å². The van der Waals surface area contributed by atoms with E-state index in [1.54, 1.807) is 0 Å². The highest BCUT2D eigenvalue weighted by atomic mass is 31.2. The Balaban J connectivity index is 3.86. The highest BCUT2D eigenvalue weighted by Crippen LogP contribution is 2.35. The summed E-state index contributed by atoms with van der Waals surface area (Å²) in [5, 5.41) is 2.79. The molecule has 0 fully saturated rings. The molecule has 3 N–H and O–H groups in total. The predicted octanol–water partition coefficient (Wildman–Crippen LogP) is 5.01. The van der Waals surface area contributed by atoms with Gasteiger partial charge in [0.2, 0.25) is 5.91 Å². The first kappa shape index (κ1) is 35.0. The number of hydrogen-bond donors (Lipinski definition) is 3. The zero-order chi connectivity index (χ0) is 26.9. The molecule has 0 saturated heterocycles. The molecule has 0 aromatic rings. The Morgan fingerprint density at radius 3 is 2.00 bits per heavy atom. The standard InChI is InChI=1S/C25H50NO9P/c1-3-4-5-6-8-11-14-17-25(28)35-24(21-34-36(29,30)31)20-33-22-32-19-16-13-10-7-9-12-15-18-26-23(2)27/h24H,3-22H2,1-2H3,(H,26,27)(H2,29,30,31)/t24-/m1/s1. The first-order chi connectivity index (χ1) is 17.2. The van der Waals surface area contributed by atoms with Crippen molar-refractivity contribution in [1.29, 1.82) is 0 Å². The van der Waals surface area contributed by atoms with Gasteiger partial charge >= 0.3 is 13.8 Å². The second-order valence-electron chi connectivity index (χ2n) is 9.12. The van der Waals surface area contributed by atoms with Crippen LogP contribution in [0, 0.1) is 0 Å². The van der Waals surface area contributed by atoms with E-state index in [4.69, 9.17) is 24.0 Å². The van der Waals surface area contributed by atoms with E-state index in [0.717, 1.165) is 77.2 Å². The maximum Gasteiger partial charge on any atom is 0.469 e. The Bertz CT molecular complexity index is 586. The second kappa shape index (κ2) is 24.3. The molecule has 1 atom stereocenters. The molecule has 1 amide bonds. The van der Waals surface area contributed by atoms with Gasteiger partial charge < -0.3 is 29.3 Å². The van der Waals surface area contributed by atoms with Gasteiger partial charge in [0, 0.05) is 26.5 Å². The molecule has 214 valence electrons. The van der Waals surface area contributed by atoms with Crippen LogP contribution in [0.15, 0.2) is 0 Å². The van der Waals surface area contributed by atoms with Gasteiger partial charge in [-0.15, -0.1) is 0 Å². The van der Waals surface area contributed by atoms with Crippen LogP contribution in [0.4, 0.5) is 0 Å². The monoisotopic (exact) mass is 539 g/mol. The quantitative estimate of drug-likeness (QED) is 0.0599. The van der Waals surface area contributed by atoms with Crippen molar-refractivity contribution in [1.82, 2.24) is 5.32 Å². The zero-order valence-corrected chi connectivity index (χ0v) is 23.3. The minimum Gasteiger partial charge on any atom is -0.457 e. The van der Waals surface area contributed by atoms with E-state index in [2.05, 4.69) is 16.8 Å². The topological polar surface area (TPSA) is 141 Å². The lowest BCUT2D eigenvalue weighted by Crippen LogP contribution is -2.28. The molecule has 0 aromatic carbocycles. The Kier molecular flexibility index (Phi) is 23.6. The number of hydrogen-bond acceptors (Lipinski definition) is 7. The van der Waals surface area contributed by atoms with Gasteiger partial charge in [0.15, 0.2) is 0 Å². The third-order valence-corrected chi connectivity index (χ3v) is 6.01. The summed E-state index contributed by atoms with van der Waals surface area (Å²) in [5.74, 6) is -0.411. The van der Waals surface area contributed by atoms with Gasteiger partial charge in [-0.3, -0.25) is 14.1 Å². The van der Waals surface area contributed by atoms with Crippen LogP contribution in [0.2, 0.25) is 0 Å². The molecule has 0 spiro atoms. The van der Waals surface area contributed by atoms with Crippen molar-refractivity contribution < 1.29 is 42.7 Å². The molecule has 0 aliphatic carbocycles. The molecule has 0 rings (SSSR count). The summed E-state index contributed by atoms with van der Waals surface area (Å²) in [6.45, 7) is 4.48. The lowest BCUT2D eigenvalue weighted by Gasteiger charge is -2.18. The molecule has 0 bridgehead atoms. The summed E-state index contributed by atoms with van der Waals surface area (Å²) in [5.41, 5.74) is 0.